The van der Waals surface area contributed by atoms with Crippen molar-refractivity contribution in [3.63, 3.8) is 0 Å². The van der Waals surface area contributed by atoms with Gasteiger partial charge in [0.2, 0.25) is 0 Å². The molecule has 0 bridgehead atoms. The maximum absolute atomic E-state index is 8.29. The number of aryl methyl sites for hydroxylation is 1. The Hall–Kier alpha value is -1.01. The number of hydrogen-bond donors (Lipinski definition) is 2. The van der Waals surface area contributed by atoms with E-state index in [-0.39, 0.29) is 5.95 Å². The van der Waals surface area contributed by atoms with Crippen molar-refractivity contribution in [2.75, 3.05) is 0 Å². The second-order valence-electron chi connectivity index (χ2n) is 1.67. The predicted molar refractivity (Wildman–Crippen MR) is 32.1 cm³/mol. The molecular formula is C4H6BNO4. The molecule has 0 fully saturated rings. The predicted octanol–water partition coefficient (Wildman–Crippen LogP) is -0.669. The standard InChI is InChI=1S/C4H6BNO4/c1-3-4(9-2-6-3)10-5(7)8/h2,7-8H,1H3. The normalized spacial score (nSPS) is 9.50. The summed E-state index contributed by atoms with van der Waals surface area (Å²) in [7, 11) is -1.85. The first-order valence-electron chi connectivity index (χ1n) is 2.63. The van der Waals surface area contributed by atoms with E-state index in [1.807, 2.05) is 0 Å². The van der Waals surface area contributed by atoms with Gasteiger partial charge in [0.25, 0.3) is 5.95 Å². The average molecular weight is 143 g/mol. The summed E-state index contributed by atoms with van der Waals surface area (Å²) in [6.45, 7) is 1.63. The zero-order valence-electron chi connectivity index (χ0n) is 5.31. The Balaban J connectivity index is 2.65. The van der Waals surface area contributed by atoms with Crippen LogP contribution in [0.15, 0.2) is 10.8 Å². The van der Waals surface area contributed by atoms with E-state index in [4.69, 9.17) is 10.0 Å². The molecule has 0 aliphatic rings. The van der Waals surface area contributed by atoms with Crippen LogP contribution in [0.3, 0.4) is 0 Å². The molecule has 5 nitrogen and oxygen atoms in total. The first-order chi connectivity index (χ1) is 4.70. The highest BCUT2D eigenvalue weighted by molar-refractivity contribution is 6.33. The van der Waals surface area contributed by atoms with Crippen molar-refractivity contribution in [3.8, 4) is 5.95 Å². The lowest BCUT2D eigenvalue weighted by Crippen LogP contribution is -2.20. The molecule has 1 heterocycles. The van der Waals surface area contributed by atoms with Gasteiger partial charge in [-0.05, 0) is 6.92 Å². The maximum Gasteiger partial charge on any atom is 0.709 e. The molecule has 0 saturated carbocycles. The lowest BCUT2D eigenvalue weighted by Gasteiger charge is -1.97. The van der Waals surface area contributed by atoms with Crippen LogP contribution in [0.5, 0.6) is 5.95 Å². The van der Waals surface area contributed by atoms with Gasteiger partial charge in [-0.2, -0.15) is 0 Å². The molecule has 0 aromatic carbocycles. The summed E-state index contributed by atoms with van der Waals surface area (Å²) in [4.78, 5) is 3.66. The molecule has 6 heteroatoms. The van der Waals surface area contributed by atoms with Crippen molar-refractivity contribution in [2.45, 2.75) is 6.92 Å². The van der Waals surface area contributed by atoms with Gasteiger partial charge in [-0.15, -0.1) is 0 Å². The van der Waals surface area contributed by atoms with Gasteiger partial charge >= 0.3 is 7.32 Å². The Morgan fingerprint density at radius 1 is 1.70 bits per heavy atom. The summed E-state index contributed by atoms with van der Waals surface area (Å²) in [5.41, 5.74) is 0.480. The van der Waals surface area contributed by atoms with E-state index >= 15 is 0 Å². The summed E-state index contributed by atoms with van der Waals surface area (Å²) < 4.78 is 8.99. The molecule has 2 N–H and O–H groups in total. The summed E-state index contributed by atoms with van der Waals surface area (Å²) in [6.07, 6.45) is 1.16. The summed E-state index contributed by atoms with van der Waals surface area (Å²) in [5, 5.41) is 16.6. The van der Waals surface area contributed by atoms with Crippen LogP contribution in [0.1, 0.15) is 5.69 Å². The zero-order valence-corrected chi connectivity index (χ0v) is 5.31. The van der Waals surface area contributed by atoms with E-state index in [0.29, 0.717) is 5.69 Å². The molecule has 10 heavy (non-hydrogen) atoms. The summed E-state index contributed by atoms with van der Waals surface area (Å²) in [5.74, 6) is 0.0231. The second-order valence-corrected chi connectivity index (χ2v) is 1.67. The summed E-state index contributed by atoms with van der Waals surface area (Å²) in [6, 6.07) is 0. The van der Waals surface area contributed by atoms with Crippen LogP contribution in [-0.4, -0.2) is 22.4 Å². The van der Waals surface area contributed by atoms with Crippen molar-refractivity contribution < 1.29 is 19.1 Å². The average Bonchev–Trinajstić information content (AvgIpc) is 2.15. The lowest BCUT2D eigenvalue weighted by molar-refractivity contribution is 0.251. The molecule has 0 spiro atoms. The van der Waals surface area contributed by atoms with Gasteiger partial charge in [0, 0.05) is 0 Å². The van der Waals surface area contributed by atoms with E-state index in [9.17, 15) is 0 Å². The van der Waals surface area contributed by atoms with Crippen molar-refractivity contribution in [2.24, 2.45) is 0 Å². The van der Waals surface area contributed by atoms with E-state index < -0.39 is 7.32 Å². The largest absolute Gasteiger partial charge is 0.709 e. The van der Waals surface area contributed by atoms with Crippen molar-refractivity contribution in [1.82, 2.24) is 4.98 Å². The van der Waals surface area contributed by atoms with Gasteiger partial charge in [0.1, 0.15) is 5.69 Å². The van der Waals surface area contributed by atoms with E-state index in [0.717, 1.165) is 6.39 Å². The van der Waals surface area contributed by atoms with Crippen LogP contribution < -0.4 is 4.65 Å². The highest BCUT2D eigenvalue weighted by Crippen LogP contribution is 2.14. The molecular weight excluding hydrogens is 137 g/mol. The van der Waals surface area contributed by atoms with Crippen LogP contribution >= 0.6 is 0 Å². The molecule has 0 atom stereocenters. The van der Waals surface area contributed by atoms with E-state index in [1.165, 1.54) is 0 Å². The molecule has 0 saturated heterocycles. The topological polar surface area (TPSA) is 75.7 Å². The SMILES string of the molecule is Cc1ncoc1OB(O)O. The third kappa shape index (κ3) is 1.49. The van der Waals surface area contributed by atoms with Crippen molar-refractivity contribution in [3.05, 3.63) is 12.1 Å². The van der Waals surface area contributed by atoms with E-state index in [2.05, 4.69) is 14.1 Å². The van der Waals surface area contributed by atoms with Gasteiger partial charge in [0.15, 0.2) is 6.39 Å². The molecule has 1 aromatic heterocycles. The quantitative estimate of drug-likeness (QED) is 0.537. The zero-order chi connectivity index (χ0) is 7.56. The lowest BCUT2D eigenvalue weighted by atomic mass is 10.3. The molecule has 0 unspecified atom stereocenters. The smallest absolute Gasteiger partial charge is 0.483 e. The summed E-state index contributed by atoms with van der Waals surface area (Å²) >= 11 is 0. The molecule has 0 aliphatic carbocycles. The molecule has 0 aliphatic heterocycles. The molecule has 1 aromatic rings. The van der Waals surface area contributed by atoms with Gasteiger partial charge in [-0.1, -0.05) is 0 Å². The number of hydrogen-bond acceptors (Lipinski definition) is 5. The van der Waals surface area contributed by atoms with Crippen LogP contribution in [0, 0.1) is 6.92 Å². The van der Waals surface area contributed by atoms with Gasteiger partial charge in [-0.25, -0.2) is 4.98 Å². The third-order valence-electron chi connectivity index (χ3n) is 0.914. The van der Waals surface area contributed by atoms with Crippen LogP contribution in [0.2, 0.25) is 0 Å². The Morgan fingerprint density at radius 2 is 2.40 bits per heavy atom. The number of aromatic nitrogens is 1. The Bertz CT molecular complexity index is 211. The number of rotatable bonds is 2. The highest BCUT2D eigenvalue weighted by Gasteiger charge is 2.15. The molecule has 54 valence electrons. The van der Waals surface area contributed by atoms with Crippen LogP contribution in [0.4, 0.5) is 0 Å². The Kier molecular flexibility index (Phi) is 1.93. The Labute approximate surface area is 57.4 Å². The number of oxazole rings is 1. The minimum absolute atomic E-state index is 0.0231. The van der Waals surface area contributed by atoms with Gasteiger partial charge in [-0.3, -0.25) is 0 Å². The van der Waals surface area contributed by atoms with Crippen LogP contribution in [-0.2, 0) is 0 Å². The van der Waals surface area contributed by atoms with Gasteiger partial charge in [0.05, 0.1) is 0 Å². The molecule has 0 radical (unpaired) electrons. The van der Waals surface area contributed by atoms with E-state index in [1.54, 1.807) is 6.92 Å². The fourth-order valence-electron chi connectivity index (χ4n) is 0.500. The fourth-order valence-corrected chi connectivity index (χ4v) is 0.500. The third-order valence-corrected chi connectivity index (χ3v) is 0.914. The minimum Gasteiger partial charge on any atom is -0.483 e. The number of nitrogens with zero attached hydrogens (tertiary/aromatic N) is 1. The molecule has 0 amide bonds. The minimum atomic E-state index is -1.85. The highest BCUT2D eigenvalue weighted by atomic mass is 16.7. The maximum atomic E-state index is 8.29. The second kappa shape index (κ2) is 2.72. The Morgan fingerprint density at radius 3 is 2.80 bits per heavy atom. The van der Waals surface area contributed by atoms with Crippen molar-refractivity contribution >= 4 is 7.32 Å². The molecule has 1 rings (SSSR count). The first kappa shape index (κ1) is 7.11. The fraction of sp³-hybridized carbons (Fsp3) is 0.250. The monoisotopic (exact) mass is 143 g/mol. The van der Waals surface area contributed by atoms with Crippen LogP contribution in [0.25, 0.3) is 0 Å². The van der Waals surface area contributed by atoms with Crippen molar-refractivity contribution in [1.29, 1.82) is 0 Å². The first-order valence-corrected chi connectivity index (χ1v) is 2.63. The van der Waals surface area contributed by atoms with Gasteiger partial charge < -0.3 is 19.1 Å².